The minimum absolute atomic E-state index is 0.212. The minimum Gasteiger partial charge on any atom is -0.384 e. The van der Waals surface area contributed by atoms with E-state index in [1.807, 2.05) is 42.5 Å². The molecule has 3 aromatic rings. The van der Waals surface area contributed by atoms with E-state index < -0.39 is 0 Å². The van der Waals surface area contributed by atoms with Crippen molar-refractivity contribution in [3.05, 3.63) is 71.2 Å². The van der Waals surface area contributed by atoms with Crippen molar-refractivity contribution in [2.45, 2.75) is 19.3 Å². The van der Waals surface area contributed by atoms with Crippen molar-refractivity contribution in [3.8, 4) is 23.1 Å². The lowest BCUT2D eigenvalue weighted by Gasteiger charge is -2.17. The Morgan fingerprint density at radius 1 is 1.03 bits per heavy atom. The van der Waals surface area contributed by atoms with Gasteiger partial charge in [-0.05, 0) is 60.9 Å². The van der Waals surface area contributed by atoms with Crippen molar-refractivity contribution >= 4 is 34.8 Å². The summed E-state index contributed by atoms with van der Waals surface area (Å²) in [6, 6.07) is 18.5. The van der Waals surface area contributed by atoms with Gasteiger partial charge in [-0.1, -0.05) is 41.6 Å². The van der Waals surface area contributed by atoms with Gasteiger partial charge in [-0.3, -0.25) is 0 Å². The smallest absolute Gasteiger partial charge is 0.323 e. The summed E-state index contributed by atoms with van der Waals surface area (Å²) in [6.07, 6.45) is 2.76. The van der Waals surface area contributed by atoms with Crippen LogP contribution in [0.1, 0.15) is 18.4 Å². The number of urea groups is 1. The van der Waals surface area contributed by atoms with Gasteiger partial charge in [0.05, 0.1) is 5.69 Å². The molecule has 3 N–H and O–H groups in total. The molecule has 0 unspecified atom stereocenters. The topological polar surface area (TPSA) is 77.5 Å². The third-order valence-corrected chi connectivity index (χ3v) is 5.61. The number of carbonyl (C=O) groups is 1. The SMILES string of the molecule is O=C(Nc1cccc(-c2cccc(N3CCCC3)n2)c1)Nc1ccc(Cl)cc1CC#CCO. The van der Waals surface area contributed by atoms with Crippen LogP contribution < -0.4 is 15.5 Å². The van der Waals surface area contributed by atoms with Gasteiger partial charge in [0, 0.05) is 41.5 Å². The van der Waals surface area contributed by atoms with Crippen LogP contribution >= 0.6 is 11.6 Å². The second kappa shape index (κ2) is 10.9. The van der Waals surface area contributed by atoms with Gasteiger partial charge in [0.25, 0.3) is 0 Å². The molecule has 1 aliphatic heterocycles. The van der Waals surface area contributed by atoms with Gasteiger partial charge in [-0.25, -0.2) is 9.78 Å². The Balaban J connectivity index is 1.47. The van der Waals surface area contributed by atoms with Crippen LogP contribution in [-0.4, -0.2) is 35.8 Å². The summed E-state index contributed by atoms with van der Waals surface area (Å²) in [6.45, 7) is 1.86. The van der Waals surface area contributed by atoms with Crippen molar-refractivity contribution in [3.63, 3.8) is 0 Å². The first-order valence-corrected chi connectivity index (χ1v) is 11.3. The zero-order valence-corrected chi connectivity index (χ0v) is 18.9. The van der Waals surface area contributed by atoms with E-state index in [0.717, 1.165) is 35.7 Å². The van der Waals surface area contributed by atoms with Gasteiger partial charge in [-0.2, -0.15) is 0 Å². The molecule has 7 heteroatoms. The number of anilines is 3. The Bertz CT molecular complexity index is 1200. The van der Waals surface area contributed by atoms with Crippen LogP contribution in [0.3, 0.4) is 0 Å². The second-order valence-corrected chi connectivity index (χ2v) is 8.16. The lowest BCUT2D eigenvalue weighted by atomic mass is 10.1. The maximum Gasteiger partial charge on any atom is 0.323 e. The molecule has 0 aliphatic carbocycles. The number of nitrogens with zero attached hydrogens (tertiary/aromatic N) is 2. The number of aliphatic hydroxyl groups excluding tert-OH is 1. The maximum absolute atomic E-state index is 12.7. The van der Waals surface area contributed by atoms with Crippen molar-refractivity contribution < 1.29 is 9.90 Å². The predicted octanol–water partition coefficient (Wildman–Crippen LogP) is 5.18. The van der Waals surface area contributed by atoms with Gasteiger partial charge in [0.15, 0.2) is 0 Å². The van der Waals surface area contributed by atoms with E-state index in [-0.39, 0.29) is 12.6 Å². The quantitative estimate of drug-likeness (QED) is 0.458. The molecule has 1 aliphatic rings. The molecule has 1 fully saturated rings. The summed E-state index contributed by atoms with van der Waals surface area (Å²) < 4.78 is 0. The highest BCUT2D eigenvalue weighted by Gasteiger charge is 2.14. The Hall–Kier alpha value is -3.53. The zero-order valence-electron chi connectivity index (χ0n) is 18.1. The van der Waals surface area contributed by atoms with Gasteiger partial charge in [0.1, 0.15) is 12.4 Å². The van der Waals surface area contributed by atoms with E-state index in [1.165, 1.54) is 12.8 Å². The van der Waals surface area contributed by atoms with E-state index in [4.69, 9.17) is 21.7 Å². The van der Waals surface area contributed by atoms with Gasteiger partial charge >= 0.3 is 6.03 Å². The highest BCUT2D eigenvalue weighted by molar-refractivity contribution is 6.30. The number of carbonyl (C=O) groups excluding carboxylic acids is 1. The lowest BCUT2D eigenvalue weighted by molar-refractivity contribution is 0.262. The molecule has 168 valence electrons. The van der Waals surface area contributed by atoms with Crippen molar-refractivity contribution in [1.82, 2.24) is 4.98 Å². The first-order chi connectivity index (χ1) is 16.1. The van der Waals surface area contributed by atoms with Crippen LogP contribution in [-0.2, 0) is 6.42 Å². The number of pyridine rings is 1. The monoisotopic (exact) mass is 460 g/mol. The molecule has 2 amide bonds. The van der Waals surface area contributed by atoms with Crippen LogP contribution in [0.15, 0.2) is 60.7 Å². The van der Waals surface area contributed by atoms with Crippen LogP contribution in [0.25, 0.3) is 11.3 Å². The van der Waals surface area contributed by atoms with E-state index in [2.05, 4.69) is 27.4 Å². The fourth-order valence-corrected chi connectivity index (χ4v) is 3.99. The molecule has 33 heavy (non-hydrogen) atoms. The Labute approximate surface area is 198 Å². The molecule has 0 saturated carbocycles. The average molecular weight is 461 g/mol. The van der Waals surface area contributed by atoms with Crippen LogP contribution in [0, 0.1) is 11.8 Å². The summed E-state index contributed by atoms with van der Waals surface area (Å²) in [7, 11) is 0. The molecule has 0 spiro atoms. The number of aromatic nitrogens is 1. The maximum atomic E-state index is 12.7. The molecular formula is C26H25ClN4O2. The van der Waals surface area contributed by atoms with Gasteiger partial charge in [0.2, 0.25) is 0 Å². The van der Waals surface area contributed by atoms with E-state index >= 15 is 0 Å². The summed E-state index contributed by atoms with van der Waals surface area (Å²) in [5, 5.41) is 15.2. The van der Waals surface area contributed by atoms with Crippen LogP contribution in [0.5, 0.6) is 0 Å². The average Bonchev–Trinajstić information content (AvgIpc) is 3.36. The van der Waals surface area contributed by atoms with E-state index in [0.29, 0.717) is 22.8 Å². The zero-order chi connectivity index (χ0) is 23.0. The first kappa shape index (κ1) is 22.7. The summed E-state index contributed by atoms with van der Waals surface area (Å²) >= 11 is 6.09. The van der Waals surface area contributed by atoms with E-state index in [1.54, 1.807) is 18.2 Å². The Morgan fingerprint density at radius 3 is 2.67 bits per heavy atom. The van der Waals surface area contributed by atoms with Crippen molar-refractivity contribution in [2.24, 2.45) is 0 Å². The third kappa shape index (κ3) is 6.04. The molecular weight excluding hydrogens is 436 g/mol. The molecule has 1 saturated heterocycles. The Kier molecular flexibility index (Phi) is 7.46. The fourth-order valence-electron chi connectivity index (χ4n) is 3.79. The summed E-state index contributed by atoms with van der Waals surface area (Å²) in [4.78, 5) is 19.8. The number of hydrogen-bond donors (Lipinski definition) is 3. The number of benzene rings is 2. The molecule has 0 atom stereocenters. The normalized spacial score (nSPS) is 12.7. The van der Waals surface area contributed by atoms with Gasteiger partial charge in [-0.15, -0.1) is 0 Å². The number of halogens is 1. The number of amides is 2. The predicted molar refractivity (Wildman–Crippen MR) is 134 cm³/mol. The first-order valence-electron chi connectivity index (χ1n) is 10.9. The minimum atomic E-state index is -0.371. The fraction of sp³-hybridized carbons (Fsp3) is 0.231. The number of rotatable bonds is 5. The second-order valence-electron chi connectivity index (χ2n) is 7.73. The Morgan fingerprint density at radius 2 is 1.85 bits per heavy atom. The molecule has 2 aromatic carbocycles. The molecule has 0 radical (unpaired) electrons. The summed E-state index contributed by atoms with van der Waals surface area (Å²) in [5.74, 6) is 6.44. The number of aliphatic hydroxyl groups is 1. The molecule has 6 nitrogen and oxygen atoms in total. The van der Waals surface area contributed by atoms with Gasteiger partial charge < -0.3 is 20.6 Å². The highest BCUT2D eigenvalue weighted by atomic mass is 35.5. The standard InChI is InChI=1S/C26H25ClN4O2/c27-21-12-13-24(19(17-21)7-1-4-16-32)30-26(33)28-22-9-5-8-20(18-22)23-10-6-11-25(29-23)31-14-2-3-15-31/h5-6,8-13,17-18,32H,2-3,7,14-16H2,(H2,28,30,33). The van der Waals surface area contributed by atoms with Crippen molar-refractivity contribution in [1.29, 1.82) is 0 Å². The largest absolute Gasteiger partial charge is 0.384 e. The van der Waals surface area contributed by atoms with Crippen LogP contribution in [0.4, 0.5) is 22.0 Å². The van der Waals surface area contributed by atoms with E-state index in [9.17, 15) is 4.79 Å². The lowest BCUT2D eigenvalue weighted by Crippen LogP contribution is -2.20. The summed E-state index contributed by atoms with van der Waals surface area (Å²) in [5.41, 5.74) is 3.84. The molecule has 0 bridgehead atoms. The highest BCUT2D eigenvalue weighted by Crippen LogP contribution is 2.26. The molecule has 2 heterocycles. The van der Waals surface area contributed by atoms with Crippen LogP contribution in [0.2, 0.25) is 5.02 Å². The molecule has 4 rings (SSSR count). The molecule has 1 aromatic heterocycles. The third-order valence-electron chi connectivity index (χ3n) is 5.38. The number of nitrogens with one attached hydrogen (secondary N) is 2. The van der Waals surface area contributed by atoms with Crippen molar-refractivity contribution in [2.75, 3.05) is 35.2 Å². The number of hydrogen-bond acceptors (Lipinski definition) is 4.